The molecule has 0 spiro atoms. The number of rotatable bonds is 6. The number of aromatic amines is 1. The fraction of sp³-hybridized carbons (Fsp3) is 0.0769. The van der Waals surface area contributed by atoms with E-state index in [2.05, 4.69) is 15.3 Å². The monoisotopic (exact) mass is 451 g/mol. The van der Waals surface area contributed by atoms with Crippen molar-refractivity contribution in [3.05, 3.63) is 118 Å². The Morgan fingerprint density at radius 1 is 0.912 bits per heavy atom. The molecule has 8 nitrogen and oxygen atoms in total. The number of nitrogens with one attached hydrogen (secondary N) is 2. The Balaban J connectivity index is 1.34. The highest BCUT2D eigenvalue weighted by molar-refractivity contribution is 5.91. The standard InChI is InChI=1S/C26H21N5O3/c32-23(17-31-24(33)13-14-30(26(31)34)16-18-7-2-1-3-8-18)27-20-10-6-9-19(15-20)25-28-21-11-4-5-12-22(21)29-25/h1-15H,16-17H2,(H,27,32)(H,28,29). The Bertz CT molecular complexity index is 1570. The maximum Gasteiger partial charge on any atom is 0.331 e. The minimum Gasteiger partial charge on any atom is -0.338 e. The Hall–Kier alpha value is -4.72. The van der Waals surface area contributed by atoms with Crippen LogP contribution in [0, 0.1) is 0 Å². The highest BCUT2D eigenvalue weighted by Gasteiger charge is 2.12. The zero-order valence-electron chi connectivity index (χ0n) is 18.1. The summed E-state index contributed by atoms with van der Waals surface area (Å²) in [7, 11) is 0. The van der Waals surface area contributed by atoms with Gasteiger partial charge in [0.05, 0.1) is 17.6 Å². The van der Waals surface area contributed by atoms with Gasteiger partial charge in [-0.15, -0.1) is 0 Å². The summed E-state index contributed by atoms with van der Waals surface area (Å²) in [5, 5.41) is 2.77. The lowest BCUT2D eigenvalue weighted by Gasteiger charge is -2.11. The number of imidazole rings is 1. The Kier molecular flexibility index (Phi) is 5.61. The van der Waals surface area contributed by atoms with Crippen LogP contribution in [0.25, 0.3) is 22.4 Å². The number of benzene rings is 3. The van der Waals surface area contributed by atoms with Gasteiger partial charge in [-0.05, 0) is 29.8 Å². The number of carbonyl (C=O) groups is 1. The summed E-state index contributed by atoms with van der Waals surface area (Å²) < 4.78 is 2.34. The van der Waals surface area contributed by atoms with Crippen LogP contribution >= 0.6 is 0 Å². The van der Waals surface area contributed by atoms with Crippen molar-refractivity contribution >= 4 is 22.6 Å². The van der Waals surface area contributed by atoms with Crippen molar-refractivity contribution in [2.45, 2.75) is 13.1 Å². The summed E-state index contributed by atoms with van der Waals surface area (Å²) in [5.74, 6) is 0.207. The average molecular weight is 451 g/mol. The van der Waals surface area contributed by atoms with Gasteiger partial charge in [-0.3, -0.25) is 18.7 Å². The number of carbonyl (C=O) groups excluding carboxylic acids is 1. The van der Waals surface area contributed by atoms with E-state index in [0.29, 0.717) is 18.1 Å². The molecule has 3 aromatic carbocycles. The van der Waals surface area contributed by atoms with Crippen LogP contribution in [0.3, 0.4) is 0 Å². The number of fused-ring (bicyclic) bond motifs is 1. The summed E-state index contributed by atoms with van der Waals surface area (Å²) in [5.41, 5.74) is 2.96. The molecule has 0 fully saturated rings. The van der Waals surface area contributed by atoms with E-state index in [0.717, 1.165) is 26.7 Å². The molecule has 8 heteroatoms. The van der Waals surface area contributed by atoms with Crippen molar-refractivity contribution in [1.82, 2.24) is 19.1 Å². The van der Waals surface area contributed by atoms with E-state index in [9.17, 15) is 14.4 Å². The van der Waals surface area contributed by atoms with Crippen LogP contribution in [-0.2, 0) is 17.9 Å². The molecule has 0 aliphatic rings. The van der Waals surface area contributed by atoms with Gasteiger partial charge in [-0.2, -0.15) is 0 Å². The fourth-order valence-corrected chi connectivity index (χ4v) is 3.78. The second kappa shape index (κ2) is 9.03. The minimum absolute atomic E-state index is 0.307. The topological polar surface area (TPSA) is 102 Å². The molecule has 1 amide bonds. The van der Waals surface area contributed by atoms with Crippen molar-refractivity contribution in [3.63, 3.8) is 0 Å². The number of aromatic nitrogens is 4. The Morgan fingerprint density at radius 2 is 1.71 bits per heavy atom. The molecule has 0 saturated carbocycles. The summed E-state index contributed by atoms with van der Waals surface area (Å²) in [6.07, 6.45) is 1.45. The summed E-state index contributed by atoms with van der Waals surface area (Å²) in [6, 6.07) is 25.7. The summed E-state index contributed by atoms with van der Waals surface area (Å²) in [6.45, 7) is -0.0801. The molecule has 0 unspecified atom stereocenters. The van der Waals surface area contributed by atoms with Gasteiger partial charge >= 0.3 is 5.69 Å². The van der Waals surface area contributed by atoms with Crippen molar-refractivity contribution in [2.24, 2.45) is 0 Å². The fourth-order valence-electron chi connectivity index (χ4n) is 3.78. The van der Waals surface area contributed by atoms with Crippen LogP contribution in [0.5, 0.6) is 0 Å². The maximum atomic E-state index is 12.8. The lowest BCUT2D eigenvalue weighted by Crippen LogP contribution is -2.41. The van der Waals surface area contributed by atoms with Gasteiger partial charge in [0.1, 0.15) is 12.4 Å². The van der Waals surface area contributed by atoms with Gasteiger partial charge < -0.3 is 10.3 Å². The molecule has 168 valence electrons. The molecular weight excluding hydrogens is 430 g/mol. The molecule has 0 bridgehead atoms. The van der Waals surface area contributed by atoms with Crippen LogP contribution in [0.1, 0.15) is 5.56 Å². The van der Waals surface area contributed by atoms with Gasteiger partial charge in [0.15, 0.2) is 0 Å². The molecule has 34 heavy (non-hydrogen) atoms. The first-order chi connectivity index (χ1) is 16.6. The third-order valence-corrected chi connectivity index (χ3v) is 5.45. The number of amides is 1. The molecule has 0 aliphatic carbocycles. The number of hydrogen-bond acceptors (Lipinski definition) is 4. The van der Waals surface area contributed by atoms with Gasteiger partial charge in [-0.1, -0.05) is 54.6 Å². The van der Waals surface area contributed by atoms with E-state index in [1.54, 1.807) is 18.2 Å². The molecule has 0 saturated heterocycles. The normalized spacial score (nSPS) is 10.9. The first kappa shape index (κ1) is 21.1. The zero-order chi connectivity index (χ0) is 23.5. The van der Waals surface area contributed by atoms with Crippen LogP contribution in [0.4, 0.5) is 5.69 Å². The van der Waals surface area contributed by atoms with Crippen molar-refractivity contribution in [2.75, 3.05) is 5.32 Å². The number of hydrogen-bond donors (Lipinski definition) is 2. The summed E-state index contributed by atoms with van der Waals surface area (Å²) >= 11 is 0. The lowest BCUT2D eigenvalue weighted by atomic mass is 10.2. The second-order valence-corrected chi connectivity index (χ2v) is 7.87. The van der Waals surface area contributed by atoms with E-state index >= 15 is 0 Å². The molecule has 2 heterocycles. The minimum atomic E-state index is -0.539. The van der Waals surface area contributed by atoms with Gasteiger partial charge in [0.2, 0.25) is 5.91 Å². The second-order valence-electron chi connectivity index (χ2n) is 7.87. The predicted octanol–water partition coefficient (Wildman–Crippen LogP) is 3.24. The molecule has 0 radical (unpaired) electrons. The van der Waals surface area contributed by atoms with E-state index in [-0.39, 0.29) is 6.54 Å². The Labute approximate surface area is 194 Å². The molecule has 0 aliphatic heterocycles. The van der Waals surface area contributed by atoms with Crippen LogP contribution in [0.2, 0.25) is 0 Å². The van der Waals surface area contributed by atoms with Crippen LogP contribution in [-0.4, -0.2) is 25.0 Å². The highest BCUT2D eigenvalue weighted by atomic mass is 16.2. The summed E-state index contributed by atoms with van der Waals surface area (Å²) in [4.78, 5) is 45.7. The molecule has 2 N–H and O–H groups in total. The molecular formula is C26H21N5O3. The smallest absolute Gasteiger partial charge is 0.331 e. The first-order valence-electron chi connectivity index (χ1n) is 10.8. The molecule has 5 aromatic rings. The number of nitrogens with zero attached hydrogens (tertiary/aromatic N) is 3. The van der Waals surface area contributed by atoms with Crippen LogP contribution < -0.4 is 16.6 Å². The van der Waals surface area contributed by atoms with E-state index in [4.69, 9.17) is 0 Å². The van der Waals surface area contributed by atoms with Crippen molar-refractivity contribution in [1.29, 1.82) is 0 Å². The van der Waals surface area contributed by atoms with E-state index in [1.165, 1.54) is 16.8 Å². The lowest BCUT2D eigenvalue weighted by molar-refractivity contribution is -0.116. The van der Waals surface area contributed by atoms with Crippen molar-refractivity contribution < 1.29 is 4.79 Å². The van der Waals surface area contributed by atoms with Gasteiger partial charge in [0.25, 0.3) is 5.56 Å². The van der Waals surface area contributed by atoms with Crippen LogP contribution in [0.15, 0.2) is 101 Å². The van der Waals surface area contributed by atoms with Gasteiger partial charge in [0, 0.05) is 23.5 Å². The third-order valence-electron chi connectivity index (χ3n) is 5.45. The third kappa shape index (κ3) is 4.42. The number of anilines is 1. The maximum absolute atomic E-state index is 12.8. The first-order valence-corrected chi connectivity index (χ1v) is 10.8. The number of H-pyrrole nitrogens is 1. The Morgan fingerprint density at radius 3 is 2.53 bits per heavy atom. The quantitative estimate of drug-likeness (QED) is 0.414. The number of para-hydroxylation sites is 2. The van der Waals surface area contributed by atoms with Gasteiger partial charge in [-0.25, -0.2) is 9.78 Å². The predicted molar refractivity (Wildman–Crippen MR) is 131 cm³/mol. The van der Waals surface area contributed by atoms with Crippen molar-refractivity contribution in [3.8, 4) is 11.4 Å². The molecule has 2 aromatic heterocycles. The average Bonchev–Trinajstić information content (AvgIpc) is 3.29. The zero-order valence-corrected chi connectivity index (χ0v) is 18.1. The highest BCUT2D eigenvalue weighted by Crippen LogP contribution is 2.23. The van der Waals surface area contributed by atoms with E-state index in [1.807, 2.05) is 60.7 Å². The van der Waals surface area contributed by atoms with E-state index < -0.39 is 17.2 Å². The molecule has 5 rings (SSSR count). The largest absolute Gasteiger partial charge is 0.338 e. The molecule has 0 atom stereocenters. The SMILES string of the molecule is O=C(Cn1c(=O)ccn(Cc2ccccc2)c1=O)Nc1cccc(-c2nc3ccccc3[nH]2)c1.